The van der Waals surface area contributed by atoms with Gasteiger partial charge in [-0.25, -0.2) is 13.2 Å². The number of hydrogen-bond donors (Lipinski definition) is 1. The first-order valence-electron chi connectivity index (χ1n) is 9.17. The number of hydrogen-bond acceptors (Lipinski definition) is 4. The van der Waals surface area contributed by atoms with Gasteiger partial charge in [0.2, 0.25) is 0 Å². The number of sulfone groups is 1. The monoisotopic (exact) mass is 382 g/mol. The maximum atomic E-state index is 12.6. The van der Waals surface area contributed by atoms with Crippen LogP contribution in [-0.2, 0) is 16.4 Å². The standard InChI is InChI=1S/C18H26N2O3S2/c1-3-25(22,23)16-7-6-14(24-16)9-19-17(21)20-10-15-12-4-5-13(8-12)18(15,2)11-20/h6-7,12-13,15H,3-5,8-11H2,1-2H3,(H,19,21)/t12-,13+,15?,18?/m1/s1. The van der Waals surface area contributed by atoms with Gasteiger partial charge in [0.15, 0.2) is 9.84 Å². The Hall–Kier alpha value is -1.08. The Labute approximate surface area is 153 Å². The lowest BCUT2D eigenvalue weighted by atomic mass is 9.70. The number of rotatable bonds is 4. The van der Waals surface area contributed by atoms with Crippen LogP contribution in [0.1, 0.15) is 38.0 Å². The second-order valence-electron chi connectivity index (χ2n) is 8.05. The van der Waals surface area contributed by atoms with Crippen LogP contribution in [0.5, 0.6) is 0 Å². The summed E-state index contributed by atoms with van der Waals surface area (Å²) in [6.07, 6.45) is 4.03. The molecule has 3 fully saturated rings. The number of carbonyl (C=O) groups is 1. The number of carbonyl (C=O) groups excluding carboxylic acids is 1. The molecule has 2 aliphatic carbocycles. The largest absolute Gasteiger partial charge is 0.333 e. The summed E-state index contributed by atoms with van der Waals surface area (Å²) >= 11 is 1.25. The van der Waals surface area contributed by atoms with Crippen LogP contribution in [0.2, 0.25) is 0 Å². The first-order valence-corrected chi connectivity index (χ1v) is 11.6. The molecule has 1 N–H and O–H groups in total. The van der Waals surface area contributed by atoms with Crippen LogP contribution in [0.25, 0.3) is 0 Å². The van der Waals surface area contributed by atoms with E-state index in [1.165, 1.54) is 30.6 Å². The lowest BCUT2D eigenvalue weighted by molar-refractivity contribution is 0.151. The Balaban J connectivity index is 1.36. The van der Waals surface area contributed by atoms with E-state index in [4.69, 9.17) is 0 Å². The number of nitrogens with one attached hydrogen (secondary N) is 1. The maximum absolute atomic E-state index is 12.6. The molecule has 0 radical (unpaired) electrons. The van der Waals surface area contributed by atoms with Crippen LogP contribution in [-0.4, -0.2) is 38.2 Å². The summed E-state index contributed by atoms with van der Waals surface area (Å²) in [5.74, 6) is 2.38. The predicted octanol–water partition coefficient (Wildman–Crippen LogP) is 3.12. The van der Waals surface area contributed by atoms with Gasteiger partial charge >= 0.3 is 6.03 Å². The lowest BCUT2D eigenvalue weighted by Crippen LogP contribution is -2.40. The highest BCUT2D eigenvalue weighted by Gasteiger charge is 2.59. The summed E-state index contributed by atoms with van der Waals surface area (Å²) in [6, 6.07) is 3.43. The zero-order valence-corrected chi connectivity index (χ0v) is 16.5. The molecule has 2 bridgehead atoms. The molecule has 2 heterocycles. The van der Waals surface area contributed by atoms with Crippen molar-refractivity contribution in [3.8, 4) is 0 Å². The predicted molar refractivity (Wildman–Crippen MR) is 98.3 cm³/mol. The lowest BCUT2D eigenvalue weighted by Gasteiger charge is -2.34. The molecule has 2 unspecified atom stereocenters. The Morgan fingerprint density at radius 3 is 2.92 bits per heavy atom. The molecule has 4 atom stereocenters. The van der Waals surface area contributed by atoms with Crippen molar-refractivity contribution in [1.82, 2.24) is 10.2 Å². The van der Waals surface area contributed by atoms with E-state index in [0.717, 1.165) is 29.8 Å². The van der Waals surface area contributed by atoms with Gasteiger partial charge in [0.25, 0.3) is 0 Å². The van der Waals surface area contributed by atoms with Crippen LogP contribution in [0.3, 0.4) is 0 Å². The SMILES string of the molecule is CCS(=O)(=O)c1ccc(CNC(=O)N2CC3[C@@H]4CC[C@@H](C4)C3(C)C2)s1. The molecule has 3 aliphatic rings. The molecular formula is C18H26N2O3S2. The van der Waals surface area contributed by atoms with E-state index in [-0.39, 0.29) is 11.8 Å². The minimum atomic E-state index is -3.16. The molecule has 2 saturated carbocycles. The summed E-state index contributed by atoms with van der Waals surface area (Å²) in [5.41, 5.74) is 0.311. The second-order valence-corrected chi connectivity index (χ2v) is 11.7. The molecule has 4 rings (SSSR count). The first kappa shape index (κ1) is 17.3. The van der Waals surface area contributed by atoms with Crippen molar-refractivity contribution in [3.05, 3.63) is 17.0 Å². The average molecular weight is 383 g/mol. The van der Waals surface area contributed by atoms with Crippen LogP contribution in [0, 0.1) is 23.2 Å². The van der Waals surface area contributed by atoms with Gasteiger partial charge in [-0.3, -0.25) is 0 Å². The molecule has 0 aromatic carbocycles. The first-order chi connectivity index (χ1) is 11.8. The van der Waals surface area contributed by atoms with Crippen molar-refractivity contribution in [2.75, 3.05) is 18.8 Å². The zero-order valence-electron chi connectivity index (χ0n) is 14.8. The molecule has 2 amide bonds. The van der Waals surface area contributed by atoms with E-state index in [0.29, 0.717) is 22.1 Å². The molecular weight excluding hydrogens is 356 g/mol. The molecule has 138 valence electrons. The van der Waals surface area contributed by atoms with Crippen molar-refractivity contribution in [2.45, 2.75) is 43.9 Å². The Bertz CT molecular complexity index is 788. The minimum Gasteiger partial charge on any atom is -0.333 e. The molecule has 1 aromatic heterocycles. The Morgan fingerprint density at radius 1 is 1.40 bits per heavy atom. The summed E-state index contributed by atoms with van der Waals surface area (Å²) in [7, 11) is -3.16. The third-order valence-corrected chi connectivity index (χ3v) is 10.2. The van der Waals surface area contributed by atoms with Crippen molar-refractivity contribution in [3.63, 3.8) is 0 Å². The number of thiophene rings is 1. The topological polar surface area (TPSA) is 66.5 Å². The number of fused-ring (bicyclic) bond motifs is 5. The normalized spacial score (nSPS) is 33.7. The zero-order chi connectivity index (χ0) is 17.8. The van der Waals surface area contributed by atoms with Gasteiger partial charge in [-0.05, 0) is 54.6 Å². The summed E-state index contributed by atoms with van der Waals surface area (Å²) in [5, 5.41) is 2.98. The molecule has 7 heteroatoms. The van der Waals surface area contributed by atoms with Crippen molar-refractivity contribution in [2.24, 2.45) is 23.2 Å². The van der Waals surface area contributed by atoms with E-state index in [1.807, 2.05) is 4.90 Å². The van der Waals surface area contributed by atoms with Gasteiger partial charge in [0.05, 0.1) is 12.3 Å². The molecule has 0 spiro atoms. The van der Waals surface area contributed by atoms with Gasteiger partial charge < -0.3 is 10.2 Å². The number of likely N-dealkylation sites (tertiary alicyclic amines) is 1. The van der Waals surface area contributed by atoms with E-state index in [1.54, 1.807) is 19.1 Å². The van der Waals surface area contributed by atoms with Gasteiger partial charge in [-0.15, -0.1) is 11.3 Å². The van der Waals surface area contributed by atoms with Crippen LogP contribution in [0.15, 0.2) is 16.3 Å². The number of urea groups is 1. The van der Waals surface area contributed by atoms with Crippen LogP contribution in [0.4, 0.5) is 4.79 Å². The quantitative estimate of drug-likeness (QED) is 0.870. The van der Waals surface area contributed by atoms with Crippen molar-refractivity contribution in [1.29, 1.82) is 0 Å². The molecule has 5 nitrogen and oxygen atoms in total. The highest BCUT2D eigenvalue weighted by molar-refractivity contribution is 7.93. The Morgan fingerprint density at radius 2 is 2.20 bits per heavy atom. The van der Waals surface area contributed by atoms with E-state index in [2.05, 4.69) is 12.2 Å². The maximum Gasteiger partial charge on any atom is 0.317 e. The fraction of sp³-hybridized carbons (Fsp3) is 0.722. The van der Waals surface area contributed by atoms with Crippen LogP contribution >= 0.6 is 11.3 Å². The molecule has 1 saturated heterocycles. The third kappa shape index (κ3) is 2.79. The van der Waals surface area contributed by atoms with Crippen molar-refractivity contribution < 1.29 is 13.2 Å². The average Bonchev–Trinajstić information content (AvgIpc) is 3.32. The summed E-state index contributed by atoms with van der Waals surface area (Å²) in [6.45, 7) is 6.16. The smallest absolute Gasteiger partial charge is 0.317 e. The van der Waals surface area contributed by atoms with E-state index < -0.39 is 9.84 Å². The second kappa shape index (κ2) is 5.98. The fourth-order valence-electron chi connectivity index (χ4n) is 5.33. The Kier molecular flexibility index (Phi) is 4.15. The highest BCUT2D eigenvalue weighted by Crippen LogP contribution is 2.62. The van der Waals surface area contributed by atoms with Gasteiger partial charge in [-0.1, -0.05) is 13.8 Å². The van der Waals surface area contributed by atoms with E-state index >= 15 is 0 Å². The van der Waals surface area contributed by atoms with Crippen LogP contribution < -0.4 is 5.32 Å². The molecule has 1 aromatic rings. The fourth-order valence-corrected chi connectivity index (χ4v) is 7.75. The molecule has 1 aliphatic heterocycles. The summed E-state index contributed by atoms with van der Waals surface area (Å²) in [4.78, 5) is 15.4. The number of amides is 2. The summed E-state index contributed by atoms with van der Waals surface area (Å²) < 4.78 is 24.2. The van der Waals surface area contributed by atoms with Gasteiger partial charge in [0.1, 0.15) is 4.21 Å². The van der Waals surface area contributed by atoms with Crippen molar-refractivity contribution >= 4 is 27.2 Å². The minimum absolute atomic E-state index is 0.0108. The van der Waals surface area contributed by atoms with Gasteiger partial charge in [0, 0.05) is 18.0 Å². The van der Waals surface area contributed by atoms with E-state index in [9.17, 15) is 13.2 Å². The number of nitrogens with zero attached hydrogens (tertiary/aromatic N) is 1. The molecule has 25 heavy (non-hydrogen) atoms. The highest BCUT2D eigenvalue weighted by atomic mass is 32.2. The third-order valence-electron chi connectivity index (χ3n) is 6.80. The van der Waals surface area contributed by atoms with Gasteiger partial charge in [-0.2, -0.15) is 0 Å².